The van der Waals surface area contributed by atoms with Crippen LogP contribution in [0.5, 0.6) is 0 Å². The van der Waals surface area contributed by atoms with Crippen LogP contribution in [-0.4, -0.2) is 26.8 Å². The maximum Gasteiger partial charge on any atom is 0.416 e. The minimum atomic E-state index is -4.52. The van der Waals surface area contributed by atoms with Crippen molar-refractivity contribution in [3.8, 4) is 5.69 Å². The van der Waals surface area contributed by atoms with Crippen molar-refractivity contribution in [2.45, 2.75) is 13.1 Å². The number of carbonyl (C=O) groups is 1. The van der Waals surface area contributed by atoms with E-state index in [2.05, 4.69) is 15.6 Å². The summed E-state index contributed by atoms with van der Waals surface area (Å²) in [5.41, 5.74) is 2.15. The summed E-state index contributed by atoms with van der Waals surface area (Å²) in [7, 11) is 0. The molecule has 1 amide bonds. The third-order valence-corrected chi connectivity index (χ3v) is 4.53. The second-order valence-corrected chi connectivity index (χ2v) is 6.61. The van der Waals surface area contributed by atoms with Crippen molar-refractivity contribution in [2.75, 3.05) is 0 Å². The maximum absolute atomic E-state index is 13.0. The summed E-state index contributed by atoms with van der Waals surface area (Å²) < 4.78 is 40.0. The molecule has 3 rings (SSSR count). The number of nitro benzene ring substituents is 1. The minimum absolute atomic E-state index is 0.00478. The van der Waals surface area contributed by atoms with E-state index in [4.69, 9.17) is 11.6 Å². The number of hydrazone groups is 1. The van der Waals surface area contributed by atoms with Crippen molar-refractivity contribution in [3.05, 3.63) is 86.2 Å². The largest absolute Gasteiger partial charge is 0.416 e. The molecule has 1 N–H and O–H groups in total. The molecule has 0 bridgehead atoms. The fourth-order valence-corrected chi connectivity index (χ4v) is 2.92. The number of alkyl halides is 3. The number of hydrogen-bond donors (Lipinski definition) is 1. The number of aryl methyl sites for hydroxylation is 1. The Labute approximate surface area is 178 Å². The Morgan fingerprint density at radius 3 is 2.55 bits per heavy atom. The molecule has 12 heteroatoms. The Morgan fingerprint density at radius 2 is 1.94 bits per heavy atom. The zero-order valence-corrected chi connectivity index (χ0v) is 16.5. The van der Waals surface area contributed by atoms with Gasteiger partial charge in [-0.1, -0.05) is 17.7 Å². The molecule has 0 radical (unpaired) electrons. The smallest absolute Gasteiger partial charge is 0.267 e. The Morgan fingerprint density at radius 1 is 1.26 bits per heavy atom. The van der Waals surface area contributed by atoms with Crippen LogP contribution < -0.4 is 5.43 Å². The van der Waals surface area contributed by atoms with Gasteiger partial charge in [0.1, 0.15) is 5.15 Å². The van der Waals surface area contributed by atoms with Crippen molar-refractivity contribution >= 4 is 29.4 Å². The van der Waals surface area contributed by atoms with Gasteiger partial charge in [0, 0.05) is 17.7 Å². The average molecular weight is 452 g/mol. The van der Waals surface area contributed by atoms with Crippen molar-refractivity contribution in [2.24, 2.45) is 5.10 Å². The number of nitro groups is 1. The molecule has 0 aliphatic heterocycles. The van der Waals surface area contributed by atoms with E-state index in [1.807, 2.05) is 0 Å². The molecular weight excluding hydrogens is 439 g/mol. The highest BCUT2D eigenvalue weighted by Gasteiger charge is 2.30. The first-order valence-electron chi connectivity index (χ1n) is 8.58. The standard InChI is InChI=1S/C19H13ClF3N5O3/c1-11-16(10-24-25-18(29)12-5-7-14(8-6-12)28(30)31)17(20)27(26-11)15-4-2-3-13(9-15)19(21,22)23/h2-10H,1H3,(H,25,29). The molecule has 8 nitrogen and oxygen atoms in total. The molecule has 0 aliphatic carbocycles. The van der Waals surface area contributed by atoms with Crippen LogP contribution in [0.1, 0.15) is 27.2 Å². The van der Waals surface area contributed by atoms with Crippen molar-refractivity contribution in [1.29, 1.82) is 0 Å². The highest BCUT2D eigenvalue weighted by atomic mass is 35.5. The molecule has 1 heterocycles. The number of nitrogens with one attached hydrogen (secondary N) is 1. The van der Waals surface area contributed by atoms with Gasteiger partial charge >= 0.3 is 6.18 Å². The number of rotatable bonds is 5. The van der Waals surface area contributed by atoms with Crippen LogP contribution >= 0.6 is 11.6 Å². The quantitative estimate of drug-likeness (QED) is 0.350. The topological polar surface area (TPSA) is 102 Å². The number of aromatic nitrogens is 2. The van der Waals surface area contributed by atoms with Gasteiger partial charge in [0.05, 0.1) is 33.6 Å². The summed E-state index contributed by atoms with van der Waals surface area (Å²) in [6.07, 6.45) is -3.31. The molecule has 1 aromatic heterocycles. The van der Waals surface area contributed by atoms with E-state index in [1.165, 1.54) is 42.6 Å². The van der Waals surface area contributed by atoms with Crippen LogP contribution in [0.25, 0.3) is 5.69 Å². The maximum atomic E-state index is 13.0. The van der Waals surface area contributed by atoms with Gasteiger partial charge in [-0.3, -0.25) is 14.9 Å². The number of hydrogen-bond acceptors (Lipinski definition) is 5. The summed E-state index contributed by atoms with van der Waals surface area (Å²) >= 11 is 6.26. The van der Waals surface area contributed by atoms with Gasteiger partial charge in [-0.25, -0.2) is 10.1 Å². The Balaban J connectivity index is 1.79. The van der Waals surface area contributed by atoms with E-state index in [0.29, 0.717) is 11.3 Å². The van der Waals surface area contributed by atoms with Crippen LogP contribution in [0, 0.1) is 17.0 Å². The Kier molecular flexibility index (Phi) is 6.07. The highest BCUT2D eigenvalue weighted by molar-refractivity contribution is 6.32. The first-order valence-corrected chi connectivity index (χ1v) is 8.96. The first-order chi connectivity index (χ1) is 14.6. The lowest BCUT2D eigenvalue weighted by molar-refractivity contribution is -0.384. The fraction of sp³-hybridized carbons (Fsp3) is 0.105. The lowest BCUT2D eigenvalue weighted by Crippen LogP contribution is -2.17. The van der Waals surface area contributed by atoms with Crippen LogP contribution in [0.15, 0.2) is 53.6 Å². The molecule has 0 aliphatic rings. The van der Waals surface area contributed by atoms with E-state index in [0.717, 1.165) is 16.8 Å². The molecular formula is C19H13ClF3N5O3. The predicted molar refractivity (Wildman–Crippen MR) is 106 cm³/mol. The number of amides is 1. The van der Waals surface area contributed by atoms with Gasteiger partial charge in [0.2, 0.25) is 0 Å². The summed E-state index contributed by atoms with van der Waals surface area (Å²) in [6, 6.07) is 9.41. The highest BCUT2D eigenvalue weighted by Crippen LogP contribution is 2.31. The number of carbonyl (C=O) groups excluding carboxylic acids is 1. The molecule has 0 spiro atoms. The van der Waals surface area contributed by atoms with E-state index in [-0.39, 0.29) is 22.1 Å². The van der Waals surface area contributed by atoms with Crippen LogP contribution in [0.4, 0.5) is 18.9 Å². The molecule has 0 atom stereocenters. The molecule has 3 aromatic rings. The Hall–Kier alpha value is -3.73. The summed E-state index contributed by atoms with van der Waals surface area (Å²) in [5, 5.41) is 18.6. The molecule has 2 aromatic carbocycles. The van der Waals surface area contributed by atoms with Crippen molar-refractivity contribution in [3.63, 3.8) is 0 Å². The number of nitrogens with zero attached hydrogens (tertiary/aromatic N) is 4. The lowest BCUT2D eigenvalue weighted by atomic mass is 10.2. The zero-order chi connectivity index (χ0) is 22.8. The number of benzene rings is 2. The fourth-order valence-electron chi connectivity index (χ4n) is 2.60. The van der Waals surface area contributed by atoms with Gasteiger partial charge in [-0.15, -0.1) is 0 Å². The third-order valence-electron chi connectivity index (χ3n) is 4.17. The monoisotopic (exact) mass is 451 g/mol. The molecule has 31 heavy (non-hydrogen) atoms. The molecule has 0 saturated carbocycles. The SMILES string of the molecule is Cc1nn(-c2cccc(C(F)(F)F)c2)c(Cl)c1C=NNC(=O)c1ccc([N+](=O)[O-])cc1. The molecule has 0 fully saturated rings. The first kappa shape index (κ1) is 22.0. The minimum Gasteiger partial charge on any atom is -0.267 e. The number of non-ortho nitro benzene ring substituents is 1. The van der Waals surface area contributed by atoms with E-state index >= 15 is 0 Å². The average Bonchev–Trinajstić information content (AvgIpc) is 3.01. The van der Waals surface area contributed by atoms with E-state index in [9.17, 15) is 28.1 Å². The summed E-state index contributed by atoms with van der Waals surface area (Å²) in [5.74, 6) is -0.620. The van der Waals surface area contributed by atoms with Crippen LogP contribution in [0.3, 0.4) is 0 Å². The second-order valence-electron chi connectivity index (χ2n) is 6.25. The molecule has 160 valence electrons. The Bertz CT molecular complexity index is 1170. The zero-order valence-electron chi connectivity index (χ0n) is 15.7. The summed E-state index contributed by atoms with van der Waals surface area (Å²) in [6.45, 7) is 1.58. The normalized spacial score (nSPS) is 11.6. The van der Waals surface area contributed by atoms with Gasteiger partial charge < -0.3 is 0 Å². The van der Waals surface area contributed by atoms with E-state index < -0.39 is 22.6 Å². The van der Waals surface area contributed by atoms with Gasteiger partial charge in [0.15, 0.2) is 0 Å². The van der Waals surface area contributed by atoms with E-state index in [1.54, 1.807) is 6.92 Å². The molecule has 0 saturated heterocycles. The summed E-state index contributed by atoms with van der Waals surface area (Å²) in [4.78, 5) is 22.2. The third kappa shape index (κ3) is 4.89. The molecule has 0 unspecified atom stereocenters. The van der Waals surface area contributed by atoms with Crippen molar-refractivity contribution in [1.82, 2.24) is 15.2 Å². The predicted octanol–water partition coefficient (Wildman–Crippen LogP) is 4.53. The van der Waals surface area contributed by atoms with Crippen molar-refractivity contribution < 1.29 is 22.9 Å². The van der Waals surface area contributed by atoms with Crippen LogP contribution in [0.2, 0.25) is 5.15 Å². The van der Waals surface area contributed by atoms with Gasteiger partial charge in [0.25, 0.3) is 11.6 Å². The number of halogens is 4. The lowest BCUT2D eigenvalue weighted by Gasteiger charge is -2.09. The van der Waals surface area contributed by atoms with Gasteiger partial charge in [-0.05, 0) is 37.3 Å². The van der Waals surface area contributed by atoms with Gasteiger partial charge in [-0.2, -0.15) is 23.4 Å². The second kappa shape index (κ2) is 8.56. The van der Waals surface area contributed by atoms with Crippen LogP contribution in [-0.2, 0) is 6.18 Å².